The van der Waals surface area contributed by atoms with Crippen molar-refractivity contribution in [1.29, 1.82) is 0 Å². The van der Waals surface area contributed by atoms with E-state index in [1.807, 2.05) is 12.1 Å². The van der Waals surface area contributed by atoms with E-state index < -0.39 is 10.0 Å². The average molecular weight is 360 g/mol. The molecule has 0 saturated carbocycles. The summed E-state index contributed by atoms with van der Waals surface area (Å²) >= 11 is 3.35. The van der Waals surface area contributed by atoms with Gasteiger partial charge >= 0.3 is 0 Å². The Bertz CT molecular complexity index is 557. The Morgan fingerprint density at radius 2 is 1.95 bits per heavy atom. The monoisotopic (exact) mass is 359 g/mol. The summed E-state index contributed by atoms with van der Waals surface area (Å²) in [5.41, 5.74) is 2.52. The van der Waals surface area contributed by atoms with Gasteiger partial charge in [-0.3, -0.25) is 0 Å². The number of alkyl halides is 1. The van der Waals surface area contributed by atoms with E-state index in [2.05, 4.69) is 22.9 Å². The molecule has 3 nitrogen and oxygen atoms in total. The lowest BCUT2D eigenvalue weighted by molar-refractivity contribution is 0.422. The van der Waals surface area contributed by atoms with Gasteiger partial charge in [-0.2, -0.15) is 4.31 Å². The summed E-state index contributed by atoms with van der Waals surface area (Å²) in [4.78, 5) is 0.454. The lowest BCUT2D eigenvalue weighted by atomic mass is 10.1. The summed E-state index contributed by atoms with van der Waals surface area (Å²) in [7, 11) is -3.35. The zero-order chi connectivity index (χ0) is 14.6. The highest BCUT2D eigenvalue weighted by Crippen LogP contribution is 2.26. The fourth-order valence-electron chi connectivity index (χ4n) is 2.64. The predicted octanol–water partition coefficient (Wildman–Crippen LogP) is 3.36. The summed E-state index contributed by atoms with van der Waals surface area (Å²) in [6, 6.07) is 5.64. The van der Waals surface area contributed by atoms with Crippen LogP contribution in [0, 0.1) is 0 Å². The van der Waals surface area contributed by atoms with Gasteiger partial charge in [-0.25, -0.2) is 8.42 Å². The van der Waals surface area contributed by atoms with Gasteiger partial charge in [-0.05, 0) is 48.9 Å². The van der Waals surface area contributed by atoms with Crippen LogP contribution < -0.4 is 0 Å². The van der Waals surface area contributed by atoms with Gasteiger partial charge in [-0.15, -0.1) is 0 Å². The van der Waals surface area contributed by atoms with Gasteiger partial charge in [0.15, 0.2) is 0 Å². The van der Waals surface area contributed by atoms with Crippen LogP contribution in [0.2, 0.25) is 0 Å². The van der Waals surface area contributed by atoms with Crippen LogP contribution in [0.3, 0.4) is 0 Å². The number of unbranched alkanes of at least 4 members (excludes halogenated alkanes) is 1. The van der Waals surface area contributed by atoms with Crippen molar-refractivity contribution in [1.82, 2.24) is 4.31 Å². The molecule has 0 atom stereocenters. The maximum Gasteiger partial charge on any atom is 0.243 e. The van der Waals surface area contributed by atoms with Crippen molar-refractivity contribution < 1.29 is 8.42 Å². The van der Waals surface area contributed by atoms with Crippen LogP contribution in [0.1, 0.15) is 37.3 Å². The SMILES string of the molecule is CCCCN(CCBr)S(=O)(=O)c1ccc2c(c1)CCC2. The Labute approximate surface area is 130 Å². The molecule has 0 saturated heterocycles. The minimum absolute atomic E-state index is 0.454. The van der Waals surface area contributed by atoms with E-state index in [1.165, 1.54) is 11.1 Å². The minimum Gasteiger partial charge on any atom is -0.207 e. The number of aryl methyl sites for hydroxylation is 2. The molecule has 112 valence electrons. The summed E-state index contributed by atoms with van der Waals surface area (Å²) in [5.74, 6) is 0. The fourth-order valence-corrected chi connectivity index (χ4v) is 4.83. The number of rotatable bonds is 7. The van der Waals surface area contributed by atoms with Crippen molar-refractivity contribution in [3.63, 3.8) is 0 Å². The lowest BCUT2D eigenvalue weighted by Gasteiger charge is -2.21. The second-order valence-electron chi connectivity index (χ2n) is 5.23. The van der Waals surface area contributed by atoms with Crippen molar-refractivity contribution in [3.8, 4) is 0 Å². The number of halogens is 1. The molecule has 5 heteroatoms. The van der Waals surface area contributed by atoms with Crippen molar-refractivity contribution in [3.05, 3.63) is 29.3 Å². The molecule has 0 radical (unpaired) electrons. The second-order valence-corrected chi connectivity index (χ2v) is 7.96. The largest absolute Gasteiger partial charge is 0.243 e. The molecule has 1 aromatic rings. The maximum absolute atomic E-state index is 12.7. The molecular formula is C15H22BrNO2S. The molecule has 0 aliphatic heterocycles. The van der Waals surface area contributed by atoms with E-state index in [4.69, 9.17) is 0 Å². The van der Waals surface area contributed by atoms with Crippen LogP contribution in [-0.2, 0) is 22.9 Å². The van der Waals surface area contributed by atoms with Gasteiger partial charge in [0.2, 0.25) is 10.0 Å². The first-order chi connectivity index (χ1) is 9.59. The Morgan fingerprint density at radius 3 is 2.65 bits per heavy atom. The first-order valence-electron chi connectivity index (χ1n) is 7.27. The standard InChI is InChI=1S/C15H22BrNO2S/c1-2-3-10-17(11-9-16)20(18,19)15-8-7-13-5-4-6-14(13)12-15/h7-8,12H,2-6,9-11H2,1H3. The highest BCUT2D eigenvalue weighted by molar-refractivity contribution is 9.09. The van der Waals surface area contributed by atoms with Crippen LogP contribution in [0.5, 0.6) is 0 Å². The number of sulfonamides is 1. The van der Waals surface area contributed by atoms with Crippen LogP contribution in [0.25, 0.3) is 0 Å². The van der Waals surface area contributed by atoms with Gasteiger partial charge in [0.25, 0.3) is 0 Å². The fraction of sp³-hybridized carbons (Fsp3) is 0.600. The molecular weight excluding hydrogens is 338 g/mol. The zero-order valence-corrected chi connectivity index (χ0v) is 14.3. The van der Waals surface area contributed by atoms with Crippen molar-refractivity contribution in [2.45, 2.75) is 43.9 Å². The highest BCUT2D eigenvalue weighted by atomic mass is 79.9. The molecule has 1 aliphatic carbocycles. The second kappa shape index (κ2) is 7.05. The van der Waals surface area contributed by atoms with Crippen LogP contribution >= 0.6 is 15.9 Å². The molecule has 0 aromatic heterocycles. The van der Waals surface area contributed by atoms with E-state index in [9.17, 15) is 8.42 Å². The first kappa shape index (κ1) is 16.0. The summed E-state index contributed by atoms with van der Waals surface area (Å²) in [6.45, 7) is 3.20. The third-order valence-corrected chi connectivity index (χ3v) is 6.05. The maximum atomic E-state index is 12.7. The Morgan fingerprint density at radius 1 is 1.20 bits per heavy atom. The molecule has 0 fully saturated rings. The number of benzene rings is 1. The van der Waals surface area contributed by atoms with Gasteiger partial charge in [-0.1, -0.05) is 35.3 Å². The topological polar surface area (TPSA) is 37.4 Å². The van der Waals surface area contributed by atoms with Crippen LogP contribution in [0.15, 0.2) is 23.1 Å². The van der Waals surface area contributed by atoms with Gasteiger partial charge < -0.3 is 0 Å². The van der Waals surface area contributed by atoms with Crippen LogP contribution in [0.4, 0.5) is 0 Å². The van der Waals surface area contributed by atoms with E-state index in [0.29, 0.717) is 23.3 Å². The molecule has 2 rings (SSSR count). The molecule has 0 amide bonds. The molecule has 1 aromatic carbocycles. The average Bonchev–Trinajstić information content (AvgIpc) is 2.90. The van der Waals surface area contributed by atoms with E-state index >= 15 is 0 Å². The Balaban J connectivity index is 2.27. The van der Waals surface area contributed by atoms with Crippen molar-refractivity contribution in [2.75, 3.05) is 18.4 Å². The molecule has 0 heterocycles. The van der Waals surface area contributed by atoms with E-state index in [-0.39, 0.29) is 0 Å². The van der Waals surface area contributed by atoms with Gasteiger partial charge in [0, 0.05) is 18.4 Å². The minimum atomic E-state index is -3.35. The van der Waals surface area contributed by atoms with Crippen LogP contribution in [-0.4, -0.2) is 31.1 Å². The third-order valence-electron chi connectivity index (χ3n) is 3.80. The number of nitrogens with zero attached hydrogens (tertiary/aromatic N) is 1. The van der Waals surface area contributed by atoms with Crippen molar-refractivity contribution in [2.24, 2.45) is 0 Å². The van der Waals surface area contributed by atoms with E-state index in [1.54, 1.807) is 10.4 Å². The number of hydrogen-bond donors (Lipinski definition) is 0. The summed E-state index contributed by atoms with van der Waals surface area (Å²) < 4.78 is 27.1. The molecule has 20 heavy (non-hydrogen) atoms. The van der Waals surface area contributed by atoms with Gasteiger partial charge in [0.05, 0.1) is 4.90 Å². The number of hydrogen-bond acceptors (Lipinski definition) is 2. The summed E-state index contributed by atoms with van der Waals surface area (Å²) in [6.07, 6.45) is 5.12. The lowest BCUT2D eigenvalue weighted by Crippen LogP contribution is -2.33. The third kappa shape index (κ3) is 3.43. The quantitative estimate of drug-likeness (QED) is 0.700. The Kier molecular flexibility index (Phi) is 5.64. The predicted molar refractivity (Wildman–Crippen MR) is 85.9 cm³/mol. The Hall–Kier alpha value is -0.390. The normalized spacial score (nSPS) is 14.8. The molecule has 0 bridgehead atoms. The molecule has 1 aliphatic rings. The first-order valence-corrected chi connectivity index (χ1v) is 9.83. The highest BCUT2D eigenvalue weighted by Gasteiger charge is 2.25. The number of fused-ring (bicyclic) bond motifs is 1. The molecule has 0 N–H and O–H groups in total. The smallest absolute Gasteiger partial charge is 0.207 e. The molecule has 0 spiro atoms. The van der Waals surface area contributed by atoms with Gasteiger partial charge in [0.1, 0.15) is 0 Å². The van der Waals surface area contributed by atoms with Crippen molar-refractivity contribution >= 4 is 26.0 Å². The molecule has 0 unspecified atom stereocenters. The zero-order valence-electron chi connectivity index (χ0n) is 11.9. The van der Waals surface area contributed by atoms with E-state index in [0.717, 1.165) is 32.1 Å². The summed E-state index contributed by atoms with van der Waals surface area (Å²) in [5, 5.41) is 0.668.